The van der Waals surface area contributed by atoms with E-state index in [0.29, 0.717) is 31.2 Å². The minimum atomic E-state index is -0.202. The molecule has 1 N–H and O–H groups in total. The summed E-state index contributed by atoms with van der Waals surface area (Å²) in [6.07, 6.45) is 4.69. The molecule has 0 radical (unpaired) electrons. The maximum Gasteiger partial charge on any atom is 0.251 e. The summed E-state index contributed by atoms with van der Waals surface area (Å²) in [6.45, 7) is 1.13. The van der Waals surface area contributed by atoms with Crippen molar-refractivity contribution < 1.29 is 14.4 Å². The highest BCUT2D eigenvalue weighted by Crippen LogP contribution is 2.29. The van der Waals surface area contributed by atoms with E-state index < -0.39 is 0 Å². The number of hydrogen-bond acceptors (Lipinski definition) is 5. The second-order valence-electron chi connectivity index (χ2n) is 7.89. The fourth-order valence-electron chi connectivity index (χ4n) is 4.20. The summed E-state index contributed by atoms with van der Waals surface area (Å²) in [4.78, 5) is 41.7. The summed E-state index contributed by atoms with van der Waals surface area (Å²) >= 11 is 1.24. The second kappa shape index (κ2) is 9.96. The molecule has 4 rings (SSSR count). The summed E-state index contributed by atoms with van der Waals surface area (Å²) in [7, 11) is 0. The number of nitrogens with one attached hydrogen (secondary N) is 1. The lowest BCUT2D eigenvalue weighted by Crippen LogP contribution is -2.46. The van der Waals surface area contributed by atoms with Crippen LogP contribution in [0.25, 0.3) is 0 Å². The molecular weight excluding hydrogens is 412 g/mol. The van der Waals surface area contributed by atoms with E-state index in [4.69, 9.17) is 0 Å². The summed E-state index contributed by atoms with van der Waals surface area (Å²) in [6, 6.07) is 13.6. The first-order chi connectivity index (χ1) is 15.1. The molecule has 2 aliphatic rings. The smallest absolute Gasteiger partial charge is 0.251 e. The fraction of sp³-hybridized carbons (Fsp3) is 0.391. The van der Waals surface area contributed by atoms with Gasteiger partial charge in [-0.25, -0.2) is 4.98 Å². The Kier molecular flexibility index (Phi) is 6.86. The maximum absolute atomic E-state index is 12.9. The Morgan fingerprint density at radius 1 is 0.935 bits per heavy atom. The molecule has 2 heterocycles. The fourth-order valence-corrected chi connectivity index (χ4v) is 4.88. The molecule has 162 valence electrons. The van der Waals surface area contributed by atoms with E-state index in [-0.39, 0.29) is 29.2 Å². The van der Waals surface area contributed by atoms with Gasteiger partial charge >= 0.3 is 0 Å². The van der Waals surface area contributed by atoms with E-state index in [1.807, 2.05) is 12.1 Å². The van der Waals surface area contributed by atoms with Crippen LogP contribution in [-0.4, -0.2) is 57.3 Å². The van der Waals surface area contributed by atoms with Crippen molar-refractivity contribution in [3.63, 3.8) is 0 Å². The van der Waals surface area contributed by atoms with Gasteiger partial charge in [-0.15, -0.1) is 11.8 Å². The van der Waals surface area contributed by atoms with Gasteiger partial charge in [-0.3, -0.25) is 24.4 Å². The maximum atomic E-state index is 12.9. The predicted octanol–water partition coefficient (Wildman–Crippen LogP) is 2.53. The highest BCUT2D eigenvalue weighted by molar-refractivity contribution is 8.00. The van der Waals surface area contributed by atoms with E-state index in [1.54, 1.807) is 34.4 Å². The number of benzene rings is 1. The number of fused-ring (bicyclic) bond motifs is 1. The molecule has 1 fully saturated rings. The number of amides is 3. The van der Waals surface area contributed by atoms with Gasteiger partial charge in [0.1, 0.15) is 5.82 Å². The van der Waals surface area contributed by atoms with Crippen LogP contribution in [0.2, 0.25) is 0 Å². The molecule has 0 saturated carbocycles. The van der Waals surface area contributed by atoms with Gasteiger partial charge < -0.3 is 5.32 Å². The van der Waals surface area contributed by atoms with Crippen LogP contribution in [0, 0.1) is 5.92 Å². The SMILES string of the molecule is O=C(CSCC(=O)N1CCCN1C(=O)CC1Cc2ccccc2C1)Nc1ccccn1. The van der Waals surface area contributed by atoms with Gasteiger partial charge in [0.05, 0.1) is 11.5 Å². The predicted molar refractivity (Wildman–Crippen MR) is 120 cm³/mol. The zero-order valence-electron chi connectivity index (χ0n) is 17.3. The number of hydrogen-bond donors (Lipinski definition) is 1. The van der Waals surface area contributed by atoms with Gasteiger partial charge in [0, 0.05) is 25.7 Å². The molecular formula is C23H26N4O3S. The largest absolute Gasteiger partial charge is 0.310 e. The third-order valence-electron chi connectivity index (χ3n) is 5.60. The normalized spacial score (nSPS) is 15.7. The standard InChI is InChI=1S/C23H26N4O3S/c28-21(25-20-8-3-4-9-24-20)15-31-16-23(30)27-11-5-10-26(27)22(29)14-17-12-18-6-1-2-7-19(18)13-17/h1-4,6-9,17H,5,10-16H2,(H,24,25,28). The molecule has 1 aliphatic carbocycles. The van der Waals surface area contributed by atoms with Gasteiger partial charge in [0.15, 0.2) is 0 Å². The topological polar surface area (TPSA) is 82.6 Å². The van der Waals surface area contributed by atoms with Gasteiger partial charge in [-0.1, -0.05) is 30.3 Å². The van der Waals surface area contributed by atoms with E-state index in [2.05, 4.69) is 22.4 Å². The Hall–Kier alpha value is -2.87. The first kappa shape index (κ1) is 21.4. The highest BCUT2D eigenvalue weighted by atomic mass is 32.2. The zero-order chi connectivity index (χ0) is 21.6. The average molecular weight is 439 g/mol. The van der Waals surface area contributed by atoms with Crippen LogP contribution >= 0.6 is 11.8 Å². The minimum Gasteiger partial charge on any atom is -0.310 e. The number of carbonyl (C=O) groups is 3. The number of nitrogens with zero attached hydrogens (tertiary/aromatic N) is 3. The summed E-state index contributed by atoms with van der Waals surface area (Å²) in [5, 5.41) is 5.87. The zero-order valence-corrected chi connectivity index (χ0v) is 18.1. The number of hydrazine groups is 1. The van der Waals surface area contributed by atoms with E-state index in [0.717, 1.165) is 19.3 Å². The van der Waals surface area contributed by atoms with Crippen LogP contribution in [0.5, 0.6) is 0 Å². The quantitative estimate of drug-likeness (QED) is 0.718. The van der Waals surface area contributed by atoms with E-state index in [1.165, 1.54) is 22.9 Å². The van der Waals surface area contributed by atoms with Crippen molar-refractivity contribution in [1.82, 2.24) is 15.0 Å². The molecule has 0 spiro atoms. The Morgan fingerprint density at radius 3 is 2.29 bits per heavy atom. The molecule has 1 aromatic carbocycles. The summed E-state index contributed by atoms with van der Waals surface area (Å²) < 4.78 is 0. The van der Waals surface area contributed by atoms with E-state index >= 15 is 0 Å². The van der Waals surface area contributed by atoms with Crippen molar-refractivity contribution in [3.8, 4) is 0 Å². The third-order valence-corrected chi connectivity index (χ3v) is 6.51. The van der Waals surface area contributed by atoms with Crippen LogP contribution in [0.3, 0.4) is 0 Å². The Labute approximate surface area is 186 Å². The first-order valence-corrected chi connectivity index (χ1v) is 11.7. The Bertz CT molecular complexity index is 928. The molecule has 31 heavy (non-hydrogen) atoms. The van der Waals surface area contributed by atoms with Gasteiger partial charge in [0.2, 0.25) is 11.8 Å². The second-order valence-corrected chi connectivity index (χ2v) is 8.88. The van der Waals surface area contributed by atoms with Gasteiger partial charge in [0.25, 0.3) is 5.91 Å². The molecule has 0 unspecified atom stereocenters. The number of thioether (sulfide) groups is 1. The number of carbonyl (C=O) groups excluding carboxylic acids is 3. The van der Waals surface area contributed by atoms with Crippen LogP contribution in [0.15, 0.2) is 48.7 Å². The lowest BCUT2D eigenvalue weighted by molar-refractivity contribution is -0.156. The van der Waals surface area contributed by atoms with Crippen LogP contribution in [0.4, 0.5) is 5.82 Å². The third kappa shape index (κ3) is 5.44. The van der Waals surface area contributed by atoms with Crippen molar-refractivity contribution in [1.29, 1.82) is 0 Å². The van der Waals surface area contributed by atoms with Crippen LogP contribution in [-0.2, 0) is 27.2 Å². The highest BCUT2D eigenvalue weighted by Gasteiger charge is 2.33. The molecule has 1 aromatic heterocycles. The van der Waals surface area contributed by atoms with Crippen LogP contribution < -0.4 is 5.32 Å². The molecule has 2 aromatic rings. The lowest BCUT2D eigenvalue weighted by atomic mass is 10.0. The first-order valence-electron chi connectivity index (χ1n) is 10.6. The Balaban J connectivity index is 1.23. The molecule has 1 aliphatic heterocycles. The summed E-state index contributed by atoms with van der Waals surface area (Å²) in [5.41, 5.74) is 2.66. The molecule has 0 atom stereocenters. The molecule has 8 heteroatoms. The van der Waals surface area contributed by atoms with Crippen molar-refractivity contribution in [2.75, 3.05) is 29.9 Å². The molecule has 3 amide bonds. The monoisotopic (exact) mass is 438 g/mol. The Morgan fingerprint density at radius 2 is 1.61 bits per heavy atom. The van der Waals surface area contributed by atoms with E-state index in [9.17, 15) is 14.4 Å². The average Bonchev–Trinajstić information content (AvgIpc) is 3.41. The number of aromatic nitrogens is 1. The van der Waals surface area contributed by atoms with Gasteiger partial charge in [-0.2, -0.15) is 0 Å². The molecule has 0 bridgehead atoms. The van der Waals surface area contributed by atoms with Gasteiger partial charge in [-0.05, 0) is 48.4 Å². The lowest BCUT2D eigenvalue weighted by Gasteiger charge is -2.28. The number of rotatable bonds is 7. The van der Waals surface area contributed by atoms with Crippen molar-refractivity contribution in [2.45, 2.75) is 25.7 Å². The number of anilines is 1. The summed E-state index contributed by atoms with van der Waals surface area (Å²) in [5.74, 6) is 0.792. The minimum absolute atomic E-state index is 0.0153. The van der Waals surface area contributed by atoms with Crippen molar-refractivity contribution >= 4 is 35.3 Å². The molecule has 7 nitrogen and oxygen atoms in total. The number of pyridine rings is 1. The molecule has 1 saturated heterocycles. The van der Waals surface area contributed by atoms with Crippen molar-refractivity contribution in [2.24, 2.45) is 5.92 Å². The van der Waals surface area contributed by atoms with Crippen LogP contribution in [0.1, 0.15) is 24.0 Å². The van der Waals surface area contributed by atoms with Crippen molar-refractivity contribution in [3.05, 3.63) is 59.8 Å².